The molecule has 0 aliphatic carbocycles. The van der Waals surface area contributed by atoms with E-state index in [4.69, 9.17) is 9.47 Å². The second-order valence-corrected chi connectivity index (χ2v) is 8.22. The zero-order chi connectivity index (χ0) is 22.2. The second kappa shape index (κ2) is 11.6. The number of rotatable bonds is 13. The fourth-order valence-corrected chi connectivity index (χ4v) is 3.93. The van der Waals surface area contributed by atoms with Crippen LogP contribution in [0.5, 0.6) is 5.88 Å². The van der Waals surface area contributed by atoms with Gasteiger partial charge in [-0.05, 0) is 39.8 Å². The topological polar surface area (TPSA) is 82.3 Å². The lowest BCUT2D eigenvalue weighted by atomic mass is 10.3. The van der Waals surface area contributed by atoms with E-state index < -0.39 is 0 Å². The van der Waals surface area contributed by atoms with Gasteiger partial charge >= 0.3 is 0 Å². The Hall–Kier alpha value is -1.92. The zero-order valence-electron chi connectivity index (χ0n) is 18.8. The van der Waals surface area contributed by atoms with Crippen molar-refractivity contribution in [1.29, 1.82) is 0 Å². The lowest BCUT2D eigenvalue weighted by molar-refractivity contribution is 0.111. The van der Waals surface area contributed by atoms with Crippen molar-refractivity contribution in [2.45, 2.75) is 40.7 Å². The Morgan fingerprint density at radius 2 is 1.97 bits per heavy atom. The minimum absolute atomic E-state index is 0.500. The number of nitrogens with zero attached hydrogens (tertiary/aromatic N) is 6. The van der Waals surface area contributed by atoms with Crippen molar-refractivity contribution in [3.05, 3.63) is 24.2 Å². The van der Waals surface area contributed by atoms with Crippen molar-refractivity contribution >= 4 is 45.5 Å². The van der Waals surface area contributed by atoms with Gasteiger partial charge in [-0.2, -0.15) is 15.1 Å². The molecule has 0 saturated heterocycles. The predicted octanol–water partition coefficient (Wildman–Crippen LogP) is 4.03. The van der Waals surface area contributed by atoms with Crippen LogP contribution in [0.2, 0.25) is 0 Å². The Morgan fingerprint density at radius 3 is 2.71 bits per heavy atom. The molecule has 170 valence electrons. The Labute approximate surface area is 197 Å². The summed E-state index contributed by atoms with van der Waals surface area (Å²) in [5, 5.41) is 8.79. The molecule has 0 aromatic carbocycles. The molecule has 0 saturated carbocycles. The van der Waals surface area contributed by atoms with Gasteiger partial charge in [0.1, 0.15) is 0 Å². The Morgan fingerprint density at radius 1 is 1.13 bits per heavy atom. The number of fused-ring (bicyclic) bond motifs is 1. The average molecular weight is 541 g/mol. The molecule has 0 aliphatic heterocycles. The van der Waals surface area contributed by atoms with Gasteiger partial charge in [-0.15, -0.1) is 0 Å². The number of halogens is 1. The molecule has 0 fully saturated rings. The van der Waals surface area contributed by atoms with E-state index in [1.165, 1.54) is 0 Å². The van der Waals surface area contributed by atoms with Crippen molar-refractivity contribution in [3.8, 4) is 5.88 Å². The van der Waals surface area contributed by atoms with Gasteiger partial charge in [-0.1, -0.05) is 6.92 Å². The van der Waals surface area contributed by atoms with E-state index in [9.17, 15) is 0 Å². The van der Waals surface area contributed by atoms with E-state index in [0.717, 1.165) is 68.2 Å². The first kappa shape index (κ1) is 23.7. The summed E-state index contributed by atoms with van der Waals surface area (Å²) in [6, 6.07) is 1.97. The highest BCUT2D eigenvalue weighted by molar-refractivity contribution is 14.1. The quantitative estimate of drug-likeness (QED) is 0.259. The molecule has 0 spiro atoms. The molecule has 1 N–H and O–H groups in total. The number of hydrogen-bond acceptors (Lipinski definition) is 7. The molecule has 10 heteroatoms. The highest BCUT2D eigenvalue weighted by atomic mass is 127. The summed E-state index contributed by atoms with van der Waals surface area (Å²) in [7, 11) is 0. The van der Waals surface area contributed by atoms with Crippen LogP contribution in [0, 0.1) is 6.92 Å². The largest absolute Gasteiger partial charge is 0.477 e. The number of ether oxygens (including phenoxy) is 2. The van der Waals surface area contributed by atoms with Crippen LogP contribution in [0.15, 0.2) is 18.5 Å². The van der Waals surface area contributed by atoms with Crippen LogP contribution in [0.25, 0.3) is 11.0 Å². The Balaban J connectivity index is 1.70. The summed E-state index contributed by atoms with van der Waals surface area (Å²) >= 11 is 2.21. The van der Waals surface area contributed by atoms with Gasteiger partial charge < -0.3 is 14.8 Å². The van der Waals surface area contributed by atoms with Gasteiger partial charge in [0.15, 0.2) is 5.65 Å². The third-order valence-electron chi connectivity index (χ3n) is 5.02. The SMILES string of the molecule is CCCN(CCOCC)CCn1ncc(Nc2nc(OCC)c3ccn(I)c3n2)c1C. The van der Waals surface area contributed by atoms with Crippen LogP contribution in [0.1, 0.15) is 32.9 Å². The molecule has 0 aliphatic rings. The number of hydrogen-bond donors (Lipinski definition) is 1. The van der Waals surface area contributed by atoms with Crippen LogP contribution < -0.4 is 10.1 Å². The van der Waals surface area contributed by atoms with Crippen molar-refractivity contribution in [1.82, 2.24) is 27.4 Å². The molecule has 3 aromatic heterocycles. The third-order valence-corrected chi connectivity index (χ3v) is 5.80. The first-order chi connectivity index (χ1) is 15.1. The van der Waals surface area contributed by atoms with Crippen LogP contribution in [-0.4, -0.2) is 66.9 Å². The van der Waals surface area contributed by atoms with Crippen molar-refractivity contribution in [2.24, 2.45) is 0 Å². The lowest BCUT2D eigenvalue weighted by Crippen LogP contribution is -2.32. The standard InChI is InChI=1S/C21H32IN7O2/c1-5-9-27(13-14-30-6-2)11-12-29-16(4)18(15-23-29)24-21-25-19-17(8-10-28(19)22)20(26-21)31-7-3/h8,10,15H,5-7,9,11-14H2,1-4H3,(H,24,25,26). The fourth-order valence-electron chi connectivity index (χ4n) is 3.40. The van der Waals surface area contributed by atoms with Gasteiger partial charge in [0.2, 0.25) is 11.8 Å². The highest BCUT2D eigenvalue weighted by Crippen LogP contribution is 2.28. The lowest BCUT2D eigenvalue weighted by Gasteiger charge is -2.21. The molecule has 0 bridgehead atoms. The molecule has 0 atom stereocenters. The molecular weight excluding hydrogens is 509 g/mol. The molecule has 0 amide bonds. The monoisotopic (exact) mass is 541 g/mol. The summed E-state index contributed by atoms with van der Waals surface area (Å²) < 4.78 is 15.2. The van der Waals surface area contributed by atoms with Crippen molar-refractivity contribution in [2.75, 3.05) is 44.8 Å². The molecule has 31 heavy (non-hydrogen) atoms. The molecule has 0 unspecified atom stereocenters. The molecule has 3 rings (SSSR count). The number of aromatic nitrogens is 5. The van der Waals surface area contributed by atoms with E-state index in [-0.39, 0.29) is 0 Å². The van der Waals surface area contributed by atoms with Gasteiger partial charge in [0.05, 0.1) is 65.6 Å². The van der Waals surface area contributed by atoms with Crippen LogP contribution in [0.3, 0.4) is 0 Å². The van der Waals surface area contributed by atoms with Crippen LogP contribution >= 0.6 is 22.9 Å². The summed E-state index contributed by atoms with van der Waals surface area (Å²) in [6.07, 6.45) is 4.90. The van der Waals surface area contributed by atoms with Crippen molar-refractivity contribution < 1.29 is 9.47 Å². The Bertz CT molecular complexity index is 972. The van der Waals surface area contributed by atoms with E-state index in [2.05, 4.69) is 62.0 Å². The number of anilines is 2. The average Bonchev–Trinajstić information content (AvgIpc) is 3.30. The van der Waals surface area contributed by atoms with Crippen LogP contribution in [0.4, 0.5) is 11.6 Å². The third kappa shape index (κ3) is 6.07. The summed E-state index contributed by atoms with van der Waals surface area (Å²) in [4.78, 5) is 11.6. The molecule has 3 heterocycles. The second-order valence-electron chi connectivity index (χ2n) is 7.18. The minimum atomic E-state index is 0.500. The van der Waals surface area contributed by atoms with Crippen LogP contribution in [-0.2, 0) is 11.3 Å². The predicted molar refractivity (Wildman–Crippen MR) is 132 cm³/mol. The van der Waals surface area contributed by atoms with E-state index in [1.807, 2.05) is 39.8 Å². The molecule has 0 radical (unpaired) electrons. The highest BCUT2D eigenvalue weighted by Gasteiger charge is 2.15. The van der Waals surface area contributed by atoms with Gasteiger partial charge in [-0.3, -0.25) is 12.4 Å². The molecule has 3 aromatic rings. The Kier molecular flexibility index (Phi) is 8.90. The zero-order valence-corrected chi connectivity index (χ0v) is 20.9. The van der Waals surface area contributed by atoms with Gasteiger partial charge in [0.25, 0.3) is 0 Å². The van der Waals surface area contributed by atoms with Gasteiger partial charge in [0, 0.05) is 25.9 Å². The maximum atomic E-state index is 5.73. The summed E-state index contributed by atoms with van der Waals surface area (Å²) in [5.74, 6) is 1.08. The molecular formula is C21H32IN7O2. The fraction of sp³-hybridized carbons (Fsp3) is 0.571. The van der Waals surface area contributed by atoms with E-state index >= 15 is 0 Å². The smallest absolute Gasteiger partial charge is 0.232 e. The van der Waals surface area contributed by atoms with E-state index in [0.29, 0.717) is 18.4 Å². The maximum Gasteiger partial charge on any atom is 0.232 e. The van der Waals surface area contributed by atoms with E-state index in [1.54, 1.807) is 0 Å². The number of nitrogens with one attached hydrogen (secondary N) is 1. The summed E-state index contributed by atoms with van der Waals surface area (Å²) in [5.41, 5.74) is 2.76. The normalized spacial score (nSPS) is 11.5. The first-order valence-corrected chi connectivity index (χ1v) is 11.8. The van der Waals surface area contributed by atoms with Gasteiger partial charge in [-0.25, -0.2) is 0 Å². The molecule has 9 nitrogen and oxygen atoms in total. The maximum absolute atomic E-state index is 5.73. The minimum Gasteiger partial charge on any atom is -0.477 e. The summed E-state index contributed by atoms with van der Waals surface area (Å²) in [6.45, 7) is 14.1. The van der Waals surface area contributed by atoms with Crippen molar-refractivity contribution in [3.63, 3.8) is 0 Å². The first-order valence-electron chi connectivity index (χ1n) is 10.8.